The molecule has 3 aromatic rings. The van der Waals surface area contributed by atoms with Gasteiger partial charge in [0.15, 0.2) is 5.82 Å². The Morgan fingerprint density at radius 3 is 2.83 bits per heavy atom. The predicted molar refractivity (Wildman–Crippen MR) is 105 cm³/mol. The molecule has 3 heterocycles. The largest absolute Gasteiger partial charge is 0.493 e. The minimum Gasteiger partial charge on any atom is -0.493 e. The monoisotopic (exact) mass is 389 g/mol. The van der Waals surface area contributed by atoms with Gasteiger partial charge in [-0.1, -0.05) is 6.07 Å². The Morgan fingerprint density at radius 1 is 1.31 bits per heavy atom. The van der Waals surface area contributed by atoms with Crippen molar-refractivity contribution < 1.29 is 14.6 Å². The first kappa shape index (κ1) is 18.7. The zero-order chi connectivity index (χ0) is 20.4. The van der Waals surface area contributed by atoms with E-state index in [4.69, 9.17) is 10.00 Å². The topological polar surface area (TPSA) is 113 Å². The zero-order valence-electron chi connectivity index (χ0n) is 15.8. The quantitative estimate of drug-likeness (QED) is 0.708. The first-order chi connectivity index (χ1) is 14.1. The summed E-state index contributed by atoms with van der Waals surface area (Å²) in [6.07, 6.45) is 3.80. The van der Waals surface area contributed by atoms with Gasteiger partial charge >= 0.3 is 0 Å². The van der Waals surface area contributed by atoms with Crippen molar-refractivity contribution in [2.75, 3.05) is 13.2 Å². The van der Waals surface area contributed by atoms with Gasteiger partial charge in [0.25, 0.3) is 5.91 Å². The third-order valence-corrected chi connectivity index (χ3v) is 4.88. The Balaban J connectivity index is 1.56. The summed E-state index contributed by atoms with van der Waals surface area (Å²) in [5, 5.41) is 26.8. The minimum absolute atomic E-state index is 0.0237. The number of hydrogen-bond donors (Lipinski definition) is 2. The maximum atomic E-state index is 12.3. The number of amides is 1. The number of nitrogens with one attached hydrogen (secondary N) is 1. The molecule has 146 valence electrons. The Morgan fingerprint density at radius 2 is 2.17 bits per heavy atom. The van der Waals surface area contributed by atoms with Crippen LogP contribution >= 0.6 is 0 Å². The first-order valence-corrected chi connectivity index (χ1v) is 9.20. The number of aromatic nitrogens is 3. The van der Waals surface area contributed by atoms with Crippen LogP contribution in [0.3, 0.4) is 0 Å². The van der Waals surface area contributed by atoms with Gasteiger partial charge < -0.3 is 15.2 Å². The van der Waals surface area contributed by atoms with E-state index in [0.29, 0.717) is 35.7 Å². The molecule has 1 atom stereocenters. The second-order valence-corrected chi connectivity index (χ2v) is 6.87. The van der Waals surface area contributed by atoms with Gasteiger partial charge in [-0.15, -0.1) is 0 Å². The van der Waals surface area contributed by atoms with Crippen LogP contribution in [0.1, 0.15) is 27.9 Å². The number of aromatic hydroxyl groups is 1. The van der Waals surface area contributed by atoms with Gasteiger partial charge in [-0.25, -0.2) is 4.98 Å². The summed E-state index contributed by atoms with van der Waals surface area (Å²) in [5.74, 6) is 0.115. The van der Waals surface area contributed by atoms with E-state index in [0.717, 1.165) is 17.5 Å². The molecule has 0 radical (unpaired) electrons. The highest BCUT2D eigenvalue weighted by molar-refractivity contribution is 5.94. The summed E-state index contributed by atoms with van der Waals surface area (Å²) in [4.78, 5) is 16.6. The fraction of sp³-hybridized carbons (Fsp3) is 0.238. The Bertz CT molecular complexity index is 1090. The predicted octanol–water partition coefficient (Wildman–Crippen LogP) is 2.34. The average molecular weight is 389 g/mol. The Labute approximate surface area is 167 Å². The lowest BCUT2D eigenvalue weighted by atomic mass is 10.0. The number of rotatable bonds is 4. The molecule has 1 amide bonds. The second-order valence-electron chi connectivity index (χ2n) is 6.87. The number of nitriles is 1. The van der Waals surface area contributed by atoms with E-state index >= 15 is 0 Å². The van der Waals surface area contributed by atoms with Gasteiger partial charge in [-0.2, -0.15) is 15.0 Å². The van der Waals surface area contributed by atoms with Gasteiger partial charge in [0, 0.05) is 12.8 Å². The third kappa shape index (κ3) is 3.68. The van der Waals surface area contributed by atoms with Crippen LogP contribution in [0, 0.1) is 18.3 Å². The van der Waals surface area contributed by atoms with Crippen LogP contribution in [0.25, 0.3) is 16.9 Å². The molecular weight excluding hydrogens is 370 g/mol. The highest BCUT2D eigenvalue weighted by Crippen LogP contribution is 2.33. The number of pyridine rings is 1. The molecular formula is C21H19N5O3. The van der Waals surface area contributed by atoms with Crippen LogP contribution in [0.2, 0.25) is 0 Å². The summed E-state index contributed by atoms with van der Waals surface area (Å²) in [7, 11) is 0. The SMILES string of the molecule is Cc1cc(C#N)ccc1-c1cnn(-c2ccc(C(=O)N[C@@H]3CCOC3)cn2)c1O. The molecule has 1 aromatic carbocycles. The molecule has 4 rings (SSSR count). The standard InChI is InChI=1S/C21H19N5O3/c1-13-8-14(9-22)2-4-17(13)18-11-24-26(21(18)28)19-5-3-15(10-23-19)20(27)25-16-6-7-29-12-16/h2-5,8,10-11,16,28H,6-7,12H2,1H3,(H,25,27)/t16-/m1/s1. The fourth-order valence-electron chi connectivity index (χ4n) is 3.30. The van der Waals surface area contributed by atoms with Crippen LogP contribution in [-0.4, -0.2) is 45.0 Å². The van der Waals surface area contributed by atoms with Crippen LogP contribution in [0.5, 0.6) is 5.88 Å². The number of ether oxygens (including phenoxy) is 1. The van der Waals surface area contributed by atoms with Crippen molar-refractivity contribution in [3.8, 4) is 28.9 Å². The maximum Gasteiger partial charge on any atom is 0.253 e. The van der Waals surface area contributed by atoms with Gasteiger partial charge in [-0.05, 0) is 48.7 Å². The van der Waals surface area contributed by atoms with Crippen LogP contribution < -0.4 is 5.32 Å². The number of carbonyl (C=O) groups excluding carboxylic acids is 1. The number of carbonyl (C=O) groups is 1. The molecule has 0 bridgehead atoms. The molecule has 8 heteroatoms. The third-order valence-electron chi connectivity index (χ3n) is 4.88. The zero-order valence-corrected chi connectivity index (χ0v) is 15.8. The summed E-state index contributed by atoms with van der Waals surface area (Å²) in [5.41, 5.74) is 3.16. The molecule has 29 heavy (non-hydrogen) atoms. The molecule has 2 aromatic heterocycles. The Hall–Kier alpha value is -3.70. The normalized spacial score (nSPS) is 15.8. The van der Waals surface area contributed by atoms with E-state index < -0.39 is 0 Å². The van der Waals surface area contributed by atoms with E-state index in [9.17, 15) is 9.90 Å². The number of aryl methyl sites for hydroxylation is 1. The summed E-state index contributed by atoms with van der Waals surface area (Å²) >= 11 is 0. The van der Waals surface area contributed by atoms with Crippen LogP contribution in [0.4, 0.5) is 0 Å². The molecule has 1 aliphatic heterocycles. The van der Waals surface area contributed by atoms with E-state index in [2.05, 4.69) is 21.5 Å². The number of benzene rings is 1. The average Bonchev–Trinajstić information content (AvgIpc) is 3.38. The fourth-order valence-corrected chi connectivity index (χ4v) is 3.30. The van der Waals surface area contributed by atoms with Crippen LogP contribution in [-0.2, 0) is 4.74 Å². The maximum absolute atomic E-state index is 12.3. The van der Waals surface area contributed by atoms with Gasteiger partial charge in [0.05, 0.1) is 41.6 Å². The highest BCUT2D eigenvalue weighted by atomic mass is 16.5. The van der Waals surface area contributed by atoms with Crippen molar-refractivity contribution >= 4 is 5.91 Å². The molecule has 8 nitrogen and oxygen atoms in total. The van der Waals surface area contributed by atoms with E-state index in [1.54, 1.807) is 36.5 Å². The smallest absolute Gasteiger partial charge is 0.253 e. The summed E-state index contributed by atoms with van der Waals surface area (Å²) < 4.78 is 6.56. The first-order valence-electron chi connectivity index (χ1n) is 9.20. The molecule has 0 saturated carbocycles. The molecule has 1 saturated heterocycles. The van der Waals surface area contributed by atoms with Crippen molar-refractivity contribution in [2.24, 2.45) is 0 Å². The van der Waals surface area contributed by atoms with Gasteiger partial charge in [-0.3, -0.25) is 4.79 Å². The minimum atomic E-state index is -0.210. The number of nitrogens with zero attached hydrogens (tertiary/aromatic N) is 4. The van der Waals surface area contributed by atoms with Gasteiger partial charge in [0.1, 0.15) is 0 Å². The number of hydrogen-bond acceptors (Lipinski definition) is 6. The Kier molecular flexibility index (Phi) is 4.97. The van der Waals surface area contributed by atoms with Crippen LogP contribution in [0.15, 0.2) is 42.7 Å². The van der Waals surface area contributed by atoms with E-state index in [-0.39, 0.29) is 17.8 Å². The molecule has 2 N–H and O–H groups in total. The lowest BCUT2D eigenvalue weighted by Crippen LogP contribution is -2.35. The van der Waals surface area contributed by atoms with E-state index in [1.807, 2.05) is 6.92 Å². The summed E-state index contributed by atoms with van der Waals surface area (Å²) in [6.45, 7) is 3.05. The lowest BCUT2D eigenvalue weighted by Gasteiger charge is -2.10. The van der Waals surface area contributed by atoms with Crippen molar-refractivity contribution in [3.05, 3.63) is 59.4 Å². The molecule has 0 spiro atoms. The highest BCUT2D eigenvalue weighted by Gasteiger charge is 2.19. The molecule has 0 aliphatic carbocycles. The second kappa shape index (κ2) is 7.73. The summed E-state index contributed by atoms with van der Waals surface area (Å²) in [6, 6.07) is 10.6. The van der Waals surface area contributed by atoms with Gasteiger partial charge in [0.2, 0.25) is 5.88 Å². The van der Waals surface area contributed by atoms with Crippen molar-refractivity contribution in [1.29, 1.82) is 5.26 Å². The molecule has 1 fully saturated rings. The van der Waals surface area contributed by atoms with E-state index in [1.165, 1.54) is 10.9 Å². The van der Waals surface area contributed by atoms with Crippen molar-refractivity contribution in [2.45, 2.75) is 19.4 Å². The lowest BCUT2D eigenvalue weighted by molar-refractivity contribution is 0.0929. The van der Waals surface area contributed by atoms with Crippen molar-refractivity contribution in [3.63, 3.8) is 0 Å². The molecule has 1 aliphatic rings. The van der Waals surface area contributed by atoms with Crippen molar-refractivity contribution in [1.82, 2.24) is 20.1 Å². The molecule has 0 unspecified atom stereocenters.